The van der Waals surface area contributed by atoms with Gasteiger partial charge in [0.05, 0.1) is 6.54 Å². The van der Waals surface area contributed by atoms with Gasteiger partial charge in [0, 0.05) is 46.8 Å². The molecule has 0 saturated carbocycles. The van der Waals surface area contributed by atoms with E-state index in [2.05, 4.69) is 40.1 Å². The van der Waals surface area contributed by atoms with E-state index in [1.165, 1.54) is 5.56 Å². The molecule has 2 rings (SSSR count). The Labute approximate surface area is 151 Å². The molecule has 0 N–H and O–H groups in total. The van der Waals surface area contributed by atoms with Crippen LogP contribution in [0.3, 0.4) is 0 Å². The lowest BCUT2D eigenvalue weighted by Crippen LogP contribution is -2.40. The van der Waals surface area contributed by atoms with Crippen LogP contribution in [-0.2, 0) is 10.2 Å². The van der Waals surface area contributed by atoms with Crippen LogP contribution in [0.5, 0.6) is 0 Å². The van der Waals surface area contributed by atoms with Crippen molar-refractivity contribution in [2.24, 2.45) is 4.99 Å². The van der Waals surface area contributed by atoms with Gasteiger partial charge in [-0.1, -0.05) is 30.3 Å². The van der Waals surface area contributed by atoms with Crippen molar-refractivity contribution in [3.63, 3.8) is 0 Å². The standard InChI is InChI=1S/C17H27N3O.HI/c1-19(2)16(20(3)4)18-14-17(10-12-21-13-11-17)15-8-6-5-7-9-15;/h5-9H,10-14H2,1-4H3;1H. The minimum atomic E-state index is 0. The molecule has 1 aliphatic heterocycles. The first-order valence-electron chi connectivity index (χ1n) is 7.57. The van der Waals surface area contributed by atoms with Crippen molar-refractivity contribution in [3.05, 3.63) is 35.9 Å². The molecule has 1 aromatic rings. The highest BCUT2D eigenvalue weighted by Gasteiger charge is 2.34. The van der Waals surface area contributed by atoms with Crippen molar-refractivity contribution < 1.29 is 4.74 Å². The highest BCUT2D eigenvalue weighted by atomic mass is 127. The van der Waals surface area contributed by atoms with Crippen LogP contribution < -0.4 is 0 Å². The Morgan fingerprint density at radius 1 is 1.05 bits per heavy atom. The van der Waals surface area contributed by atoms with Gasteiger partial charge in [-0.05, 0) is 18.4 Å². The summed E-state index contributed by atoms with van der Waals surface area (Å²) in [5.41, 5.74) is 1.49. The number of nitrogens with zero attached hydrogens (tertiary/aromatic N) is 3. The molecule has 0 aliphatic carbocycles. The number of aliphatic imine (C=N–C) groups is 1. The summed E-state index contributed by atoms with van der Waals surface area (Å²) in [7, 11) is 8.16. The first-order valence-corrected chi connectivity index (χ1v) is 7.57. The first-order chi connectivity index (χ1) is 10.1. The maximum absolute atomic E-state index is 5.58. The SMILES string of the molecule is CN(C)C(=NCC1(c2ccccc2)CCOCC1)N(C)C.I. The fourth-order valence-corrected chi connectivity index (χ4v) is 3.00. The lowest BCUT2D eigenvalue weighted by Gasteiger charge is -2.37. The zero-order valence-electron chi connectivity index (χ0n) is 14.1. The molecule has 0 atom stereocenters. The predicted octanol–water partition coefficient (Wildman–Crippen LogP) is 2.83. The van der Waals surface area contributed by atoms with Crippen LogP contribution in [0.4, 0.5) is 0 Å². The predicted molar refractivity (Wildman–Crippen MR) is 103 cm³/mol. The summed E-state index contributed by atoms with van der Waals surface area (Å²) in [6.07, 6.45) is 2.07. The Morgan fingerprint density at radius 3 is 2.09 bits per heavy atom. The average molecular weight is 417 g/mol. The molecule has 124 valence electrons. The number of guanidine groups is 1. The molecule has 0 spiro atoms. The topological polar surface area (TPSA) is 28.1 Å². The average Bonchev–Trinajstić information content (AvgIpc) is 2.48. The molecule has 0 bridgehead atoms. The molecule has 1 aliphatic rings. The van der Waals surface area contributed by atoms with Gasteiger partial charge in [0.25, 0.3) is 0 Å². The smallest absolute Gasteiger partial charge is 0.195 e. The minimum Gasteiger partial charge on any atom is -0.381 e. The van der Waals surface area contributed by atoms with Gasteiger partial charge in [0.2, 0.25) is 0 Å². The van der Waals surface area contributed by atoms with E-state index in [4.69, 9.17) is 9.73 Å². The number of ether oxygens (including phenoxy) is 1. The van der Waals surface area contributed by atoms with E-state index in [0.717, 1.165) is 38.6 Å². The van der Waals surface area contributed by atoms with Crippen molar-refractivity contribution in [3.8, 4) is 0 Å². The zero-order chi connectivity index (χ0) is 15.3. The Morgan fingerprint density at radius 2 is 1.59 bits per heavy atom. The summed E-state index contributed by atoms with van der Waals surface area (Å²) in [6, 6.07) is 10.8. The van der Waals surface area contributed by atoms with Gasteiger partial charge in [-0.2, -0.15) is 0 Å². The van der Waals surface area contributed by atoms with Gasteiger partial charge in [0.15, 0.2) is 5.96 Å². The molecule has 0 aromatic heterocycles. The summed E-state index contributed by atoms with van der Waals surface area (Å²) in [5, 5.41) is 0. The quantitative estimate of drug-likeness (QED) is 0.430. The summed E-state index contributed by atoms with van der Waals surface area (Å²) < 4.78 is 5.58. The maximum Gasteiger partial charge on any atom is 0.195 e. The monoisotopic (exact) mass is 417 g/mol. The maximum atomic E-state index is 5.58. The molecule has 5 heteroatoms. The number of benzene rings is 1. The molecule has 1 heterocycles. The van der Waals surface area contributed by atoms with E-state index in [-0.39, 0.29) is 29.4 Å². The van der Waals surface area contributed by atoms with E-state index in [1.807, 2.05) is 28.2 Å². The van der Waals surface area contributed by atoms with Crippen LogP contribution in [0, 0.1) is 0 Å². The molecule has 1 saturated heterocycles. The fraction of sp³-hybridized carbons (Fsp3) is 0.588. The van der Waals surface area contributed by atoms with Gasteiger partial charge in [0.1, 0.15) is 0 Å². The Kier molecular flexibility index (Phi) is 7.62. The molecule has 1 aromatic carbocycles. The summed E-state index contributed by atoms with van der Waals surface area (Å²) in [5.74, 6) is 1.01. The van der Waals surface area contributed by atoms with Crippen molar-refractivity contribution >= 4 is 29.9 Å². The second-order valence-electron chi connectivity index (χ2n) is 6.16. The molecule has 22 heavy (non-hydrogen) atoms. The molecule has 0 unspecified atom stereocenters. The summed E-state index contributed by atoms with van der Waals surface area (Å²) in [6.45, 7) is 2.46. The van der Waals surface area contributed by atoms with Crippen molar-refractivity contribution in [1.29, 1.82) is 0 Å². The molecular formula is C17H28IN3O. The van der Waals surface area contributed by atoms with E-state index >= 15 is 0 Å². The number of rotatable bonds is 3. The van der Waals surface area contributed by atoms with E-state index in [9.17, 15) is 0 Å². The third-order valence-corrected chi connectivity index (χ3v) is 4.16. The largest absolute Gasteiger partial charge is 0.381 e. The lowest BCUT2D eigenvalue weighted by atomic mass is 9.74. The van der Waals surface area contributed by atoms with Crippen LogP contribution in [0.2, 0.25) is 0 Å². The van der Waals surface area contributed by atoms with Crippen LogP contribution in [0.15, 0.2) is 35.3 Å². The normalized spacial score (nSPS) is 16.4. The molecule has 0 radical (unpaired) electrons. The first kappa shape index (κ1) is 19.2. The number of halogens is 1. The minimum absolute atomic E-state index is 0. The van der Waals surface area contributed by atoms with E-state index in [1.54, 1.807) is 0 Å². The molecule has 1 fully saturated rings. The molecule has 0 amide bonds. The van der Waals surface area contributed by atoms with E-state index in [0.29, 0.717) is 0 Å². The van der Waals surface area contributed by atoms with Crippen LogP contribution in [0.25, 0.3) is 0 Å². The van der Waals surface area contributed by atoms with Crippen molar-refractivity contribution in [2.75, 3.05) is 47.9 Å². The van der Waals surface area contributed by atoms with Gasteiger partial charge in [-0.25, -0.2) is 0 Å². The van der Waals surface area contributed by atoms with Crippen molar-refractivity contribution in [2.45, 2.75) is 18.3 Å². The lowest BCUT2D eigenvalue weighted by molar-refractivity contribution is 0.0530. The molecule has 4 nitrogen and oxygen atoms in total. The van der Waals surface area contributed by atoms with Gasteiger partial charge >= 0.3 is 0 Å². The second kappa shape index (κ2) is 8.72. The van der Waals surface area contributed by atoms with Gasteiger partial charge < -0.3 is 14.5 Å². The van der Waals surface area contributed by atoms with Crippen LogP contribution in [-0.4, -0.2) is 63.7 Å². The number of hydrogen-bond donors (Lipinski definition) is 0. The Balaban J connectivity index is 0.00000242. The van der Waals surface area contributed by atoms with Crippen LogP contribution in [0.1, 0.15) is 18.4 Å². The van der Waals surface area contributed by atoms with E-state index < -0.39 is 0 Å². The third-order valence-electron chi connectivity index (χ3n) is 4.16. The van der Waals surface area contributed by atoms with Crippen LogP contribution >= 0.6 is 24.0 Å². The zero-order valence-corrected chi connectivity index (χ0v) is 16.4. The summed E-state index contributed by atoms with van der Waals surface area (Å²) in [4.78, 5) is 9.04. The highest BCUT2D eigenvalue weighted by molar-refractivity contribution is 14.0. The van der Waals surface area contributed by atoms with Gasteiger partial charge in [-0.15, -0.1) is 24.0 Å². The molecular weight excluding hydrogens is 389 g/mol. The second-order valence-corrected chi connectivity index (χ2v) is 6.16. The Bertz CT molecular complexity index is 458. The number of hydrogen-bond acceptors (Lipinski definition) is 2. The highest BCUT2D eigenvalue weighted by Crippen LogP contribution is 2.35. The fourth-order valence-electron chi connectivity index (χ4n) is 3.00. The summed E-state index contributed by atoms with van der Waals surface area (Å²) >= 11 is 0. The van der Waals surface area contributed by atoms with Gasteiger partial charge in [-0.3, -0.25) is 4.99 Å². The Hall–Kier alpha value is -0.820. The third kappa shape index (κ3) is 4.59. The van der Waals surface area contributed by atoms with Crippen molar-refractivity contribution in [1.82, 2.24) is 9.80 Å².